The molecule has 6 nitrogen and oxygen atoms in total. The Morgan fingerprint density at radius 2 is 0.702 bits per heavy atom. The predicted octanol–water partition coefficient (Wildman–Crippen LogP) is 12.0. The standard InChI is InChI=1S/C51H30N6/c1-2-4-21-36-28(15-3-1)29-16-5-10-22-34(29)42-44(36)54-48-40(52-42)27-41-49(55-45-37-24-12-7-18-31(37)30-17-6-11-23-35(30)43(45)53-41)51-50(48)56-46-38-25-13-8-19-32(38)33-20-9-14-26-39(33)47(46)57-51/h1-3,5-20,22-26H,4,21,27H2/b2-1?,15-3-. The Morgan fingerprint density at radius 1 is 0.333 bits per heavy atom. The number of aromatic nitrogens is 6. The molecular formula is C51H30N6. The zero-order valence-corrected chi connectivity index (χ0v) is 30.7. The molecular weight excluding hydrogens is 697 g/mol. The molecule has 11 aromatic rings. The molecule has 8 aromatic carbocycles. The van der Waals surface area contributed by atoms with E-state index in [4.69, 9.17) is 29.9 Å². The van der Waals surface area contributed by atoms with Gasteiger partial charge in [-0.05, 0) is 50.9 Å². The van der Waals surface area contributed by atoms with E-state index < -0.39 is 0 Å². The smallest absolute Gasteiger partial charge is 0.119 e. The lowest BCUT2D eigenvalue weighted by molar-refractivity contribution is 0.993. The highest BCUT2D eigenvalue weighted by Gasteiger charge is 2.31. The lowest BCUT2D eigenvalue weighted by Gasteiger charge is -2.17. The van der Waals surface area contributed by atoms with E-state index >= 15 is 0 Å². The maximum Gasteiger partial charge on any atom is 0.119 e. The minimum Gasteiger partial charge on any atom is -0.248 e. The summed E-state index contributed by atoms with van der Waals surface area (Å²) in [5, 5.41) is 11.1. The summed E-state index contributed by atoms with van der Waals surface area (Å²) in [6.45, 7) is 0. The van der Waals surface area contributed by atoms with Crippen molar-refractivity contribution in [1.29, 1.82) is 0 Å². The highest BCUT2D eigenvalue weighted by molar-refractivity contribution is 6.25. The number of aryl methyl sites for hydroxylation is 1. The second kappa shape index (κ2) is 11.5. The molecule has 0 spiro atoms. The van der Waals surface area contributed by atoms with Crippen LogP contribution in [0.4, 0.5) is 0 Å². The average molecular weight is 727 g/mol. The molecule has 0 bridgehead atoms. The van der Waals surface area contributed by atoms with Gasteiger partial charge in [-0.3, -0.25) is 0 Å². The van der Waals surface area contributed by atoms with Gasteiger partial charge in [-0.25, -0.2) is 29.9 Å². The van der Waals surface area contributed by atoms with E-state index in [1.807, 2.05) is 0 Å². The molecule has 2 aliphatic carbocycles. The Hall–Kier alpha value is -7.44. The first-order chi connectivity index (χ1) is 28.3. The summed E-state index contributed by atoms with van der Waals surface area (Å²) < 4.78 is 0. The third-order valence-electron chi connectivity index (χ3n) is 12.1. The molecule has 0 saturated heterocycles. The van der Waals surface area contributed by atoms with Crippen molar-refractivity contribution in [2.24, 2.45) is 0 Å². The van der Waals surface area contributed by atoms with Gasteiger partial charge >= 0.3 is 0 Å². The Bertz CT molecular complexity index is 3680. The lowest BCUT2D eigenvalue weighted by Crippen LogP contribution is -2.05. The molecule has 0 saturated carbocycles. The van der Waals surface area contributed by atoms with Crippen LogP contribution in [0.15, 0.2) is 140 Å². The number of hydrogen-bond donors (Lipinski definition) is 0. The Labute approximate surface area is 325 Å². The first-order valence-corrected chi connectivity index (χ1v) is 19.6. The predicted molar refractivity (Wildman–Crippen MR) is 233 cm³/mol. The van der Waals surface area contributed by atoms with Gasteiger partial charge in [-0.2, -0.15) is 0 Å². The average Bonchev–Trinajstić information content (AvgIpc) is 3.38. The number of benzene rings is 8. The molecule has 13 rings (SSSR count). The van der Waals surface area contributed by atoms with Gasteiger partial charge < -0.3 is 0 Å². The molecule has 0 fully saturated rings. The SMILES string of the molecule is C1=CCCc2c(c3ccccc3c3nc4c(nc23)-c2nc3c5ccccc5c5ccccc5c3nc2-c2nc3c5ccccc5c5ccccc5c3nc2C4)/C=C\1. The number of hydrogen-bond acceptors (Lipinski definition) is 6. The summed E-state index contributed by atoms with van der Waals surface area (Å²) >= 11 is 0. The second-order valence-electron chi connectivity index (χ2n) is 15.2. The third-order valence-corrected chi connectivity index (χ3v) is 12.1. The van der Waals surface area contributed by atoms with Crippen molar-refractivity contribution in [3.05, 3.63) is 162 Å². The molecule has 57 heavy (non-hydrogen) atoms. The van der Waals surface area contributed by atoms with E-state index in [2.05, 4.69) is 146 Å². The maximum atomic E-state index is 5.68. The van der Waals surface area contributed by atoms with Crippen molar-refractivity contribution in [2.75, 3.05) is 0 Å². The van der Waals surface area contributed by atoms with Crippen LogP contribution in [0.3, 0.4) is 0 Å². The van der Waals surface area contributed by atoms with E-state index in [-0.39, 0.29) is 0 Å². The molecule has 0 unspecified atom stereocenters. The highest BCUT2D eigenvalue weighted by Crippen LogP contribution is 2.44. The maximum absolute atomic E-state index is 5.68. The van der Waals surface area contributed by atoms with Crippen LogP contribution < -0.4 is 0 Å². The zero-order valence-electron chi connectivity index (χ0n) is 30.7. The van der Waals surface area contributed by atoms with Crippen molar-refractivity contribution in [1.82, 2.24) is 29.9 Å². The fourth-order valence-electron chi connectivity index (χ4n) is 9.55. The molecule has 6 heteroatoms. The molecule has 264 valence electrons. The summed E-state index contributed by atoms with van der Waals surface area (Å²) in [4.78, 5) is 33.7. The van der Waals surface area contributed by atoms with E-state index in [9.17, 15) is 0 Å². The highest BCUT2D eigenvalue weighted by atomic mass is 15.0. The number of nitrogens with zero attached hydrogens (tertiary/aromatic N) is 6. The summed E-state index contributed by atoms with van der Waals surface area (Å²) in [7, 11) is 0. The second-order valence-corrected chi connectivity index (χ2v) is 15.2. The Morgan fingerprint density at radius 3 is 1.19 bits per heavy atom. The minimum atomic E-state index is 0.432. The molecule has 0 N–H and O–H groups in total. The number of rotatable bonds is 0. The van der Waals surface area contributed by atoms with Crippen LogP contribution in [0.5, 0.6) is 0 Å². The zero-order chi connectivity index (χ0) is 37.2. The quantitative estimate of drug-likeness (QED) is 0.145. The summed E-state index contributed by atoms with van der Waals surface area (Å²) in [6.07, 6.45) is 10.9. The fourth-order valence-corrected chi connectivity index (χ4v) is 9.55. The van der Waals surface area contributed by atoms with Gasteiger partial charge in [0.15, 0.2) is 0 Å². The van der Waals surface area contributed by atoms with Crippen molar-refractivity contribution in [3.8, 4) is 22.8 Å². The summed E-state index contributed by atoms with van der Waals surface area (Å²) in [6, 6.07) is 42.6. The molecule has 3 heterocycles. The van der Waals surface area contributed by atoms with Gasteiger partial charge in [0.25, 0.3) is 0 Å². The Balaban J connectivity index is 1.23. The summed E-state index contributed by atoms with van der Waals surface area (Å²) in [5.74, 6) is 0. The normalized spacial score (nSPS) is 14.2. The molecule has 0 radical (unpaired) electrons. The van der Waals surface area contributed by atoms with Gasteiger partial charge in [0, 0.05) is 33.4 Å². The third kappa shape index (κ3) is 4.29. The monoisotopic (exact) mass is 726 g/mol. The van der Waals surface area contributed by atoms with Gasteiger partial charge in [-0.15, -0.1) is 0 Å². The topological polar surface area (TPSA) is 77.3 Å². The first kappa shape index (κ1) is 30.8. The molecule has 0 atom stereocenters. The number of allylic oxidation sites excluding steroid dienone is 3. The molecule has 3 aromatic heterocycles. The van der Waals surface area contributed by atoms with E-state index in [0.717, 1.165) is 117 Å². The van der Waals surface area contributed by atoms with Gasteiger partial charge in [0.1, 0.15) is 22.8 Å². The van der Waals surface area contributed by atoms with Crippen molar-refractivity contribution < 1.29 is 0 Å². The fraction of sp³-hybridized carbons (Fsp3) is 0.0588. The minimum absolute atomic E-state index is 0.432. The van der Waals surface area contributed by atoms with E-state index in [1.165, 1.54) is 16.5 Å². The van der Waals surface area contributed by atoms with Gasteiger partial charge in [0.2, 0.25) is 0 Å². The molecule has 2 aliphatic rings. The van der Waals surface area contributed by atoms with Crippen molar-refractivity contribution in [3.63, 3.8) is 0 Å². The van der Waals surface area contributed by atoms with Crippen molar-refractivity contribution >= 4 is 93.0 Å². The molecule has 0 aliphatic heterocycles. The van der Waals surface area contributed by atoms with Crippen LogP contribution in [-0.4, -0.2) is 29.9 Å². The van der Waals surface area contributed by atoms with Crippen molar-refractivity contribution in [2.45, 2.75) is 19.3 Å². The largest absolute Gasteiger partial charge is 0.248 e. The van der Waals surface area contributed by atoms with Crippen LogP contribution >= 0.6 is 0 Å². The lowest BCUT2D eigenvalue weighted by atomic mass is 9.92. The van der Waals surface area contributed by atoms with Gasteiger partial charge in [-0.1, -0.05) is 146 Å². The van der Waals surface area contributed by atoms with Crippen LogP contribution in [0.2, 0.25) is 0 Å². The number of fused-ring (bicyclic) bond motifs is 23. The molecule has 0 amide bonds. The van der Waals surface area contributed by atoms with E-state index in [0.29, 0.717) is 17.8 Å². The van der Waals surface area contributed by atoms with Crippen LogP contribution in [0.1, 0.15) is 28.9 Å². The van der Waals surface area contributed by atoms with E-state index in [1.54, 1.807) is 0 Å². The van der Waals surface area contributed by atoms with Gasteiger partial charge in [0.05, 0.1) is 44.5 Å². The van der Waals surface area contributed by atoms with Crippen LogP contribution in [-0.2, 0) is 12.8 Å². The first-order valence-electron chi connectivity index (χ1n) is 19.6. The van der Waals surface area contributed by atoms with Crippen LogP contribution in [0, 0.1) is 0 Å². The van der Waals surface area contributed by atoms with Crippen LogP contribution in [0.25, 0.3) is 116 Å². The Kier molecular flexibility index (Phi) is 6.24. The summed E-state index contributed by atoms with van der Waals surface area (Å²) in [5.41, 5.74) is 12.1.